The minimum Gasteiger partial charge on any atom is -0.391 e. The summed E-state index contributed by atoms with van der Waals surface area (Å²) < 4.78 is 0. The fourth-order valence-electron chi connectivity index (χ4n) is 2.94. The molecule has 25 heavy (non-hydrogen) atoms. The second kappa shape index (κ2) is 9.20. The molecule has 1 atom stereocenters. The highest BCUT2D eigenvalue weighted by atomic mass is 16.3. The number of hydrogen-bond acceptors (Lipinski definition) is 4. The smallest absolute Gasteiger partial charge is 0.220 e. The van der Waals surface area contributed by atoms with Crippen molar-refractivity contribution in [2.45, 2.75) is 39.7 Å². The number of carbonyl (C=O) groups excluding carboxylic acids is 1. The van der Waals surface area contributed by atoms with Crippen molar-refractivity contribution in [2.24, 2.45) is 5.41 Å². The van der Waals surface area contributed by atoms with E-state index in [4.69, 9.17) is 0 Å². The molecular formula is C20H33N3O2. The van der Waals surface area contributed by atoms with Gasteiger partial charge in [-0.05, 0) is 30.5 Å². The first-order chi connectivity index (χ1) is 11.9. The Labute approximate surface area is 152 Å². The molecule has 0 saturated carbocycles. The highest BCUT2D eigenvalue weighted by molar-refractivity contribution is 5.75. The Morgan fingerprint density at radius 3 is 2.40 bits per heavy atom. The monoisotopic (exact) mass is 347 g/mol. The number of para-hydroxylation sites is 1. The topological polar surface area (TPSA) is 55.8 Å². The highest BCUT2D eigenvalue weighted by Gasteiger charge is 2.22. The van der Waals surface area contributed by atoms with E-state index in [-0.39, 0.29) is 11.3 Å². The van der Waals surface area contributed by atoms with Crippen LogP contribution in [0.3, 0.4) is 0 Å². The van der Waals surface area contributed by atoms with Crippen LogP contribution in [0.15, 0.2) is 30.3 Å². The lowest BCUT2D eigenvalue weighted by molar-refractivity contribution is -0.122. The average molecular weight is 348 g/mol. The van der Waals surface area contributed by atoms with Gasteiger partial charge in [0.05, 0.1) is 6.10 Å². The summed E-state index contributed by atoms with van der Waals surface area (Å²) >= 11 is 0. The number of aliphatic hydroxyl groups is 1. The lowest BCUT2D eigenvalue weighted by atomic mass is 9.89. The van der Waals surface area contributed by atoms with Crippen molar-refractivity contribution in [1.29, 1.82) is 0 Å². The normalized spacial score (nSPS) is 17.4. The molecule has 0 aliphatic carbocycles. The van der Waals surface area contributed by atoms with Crippen molar-refractivity contribution in [2.75, 3.05) is 44.2 Å². The minimum absolute atomic E-state index is 0.0335. The molecule has 1 fully saturated rings. The van der Waals surface area contributed by atoms with Crippen LogP contribution >= 0.6 is 0 Å². The number of hydrogen-bond donors (Lipinski definition) is 2. The van der Waals surface area contributed by atoms with Gasteiger partial charge in [-0.3, -0.25) is 9.69 Å². The molecule has 0 spiro atoms. The van der Waals surface area contributed by atoms with Gasteiger partial charge in [-0.2, -0.15) is 0 Å². The molecule has 1 unspecified atom stereocenters. The van der Waals surface area contributed by atoms with Crippen molar-refractivity contribution in [3.8, 4) is 0 Å². The number of piperazine rings is 1. The lowest BCUT2D eigenvalue weighted by Gasteiger charge is -2.36. The van der Waals surface area contributed by atoms with E-state index in [0.717, 1.165) is 39.1 Å². The summed E-state index contributed by atoms with van der Waals surface area (Å²) in [6.07, 6.45) is 0.876. The maximum atomic E-state index is 11.9. The molecule has 1 amide bonds. The van der Waals surface area contributed by atoms with E-state index < -0.39 is 6.10 Å². The minimum atomic E-state index is -0.512. The number of aliphatic hydroxyl groups excluding tert-OH is 1. The number of nitrogens with zero attached hydrogens (tertiary/aromatic N) is 2. The van der Waals surface area contributed by atoms with Crippen molar-refractivity contribution in [3.63, 3.8) is 0 Å². The Morgan fingerprint density at radius 1 is 1.16 bits per heavy atom. The maximum Gasteiger partial charge on any atom is 0.220 e. The van der Waals surface area contributed by atoms with Gasteiger partial charge in [0, 0.05) is 44.8 Å². The molecule has 0 aromatic heterocycles. The summed E-state index contributed by atoms with van der Waals surface area (Å²) in [5.41, 5.74) is 1.09. The number of anilines is 1. The summed E-state index contributed by atoms with van der Waals surface area (Å²) in [6.45, 7) is 11.4. The van der Waals surface area contributed by atoms with Crippen molar-refractivity contribution < 1.29 is 9.90 Å². The van der Waals surface area contributed by atoms with Crippen LogP contribution in [0.5, 0.6) is 0 Å². The number of amides is 1. The standard InChI is InChI=1S/C20H33N3O2/c1-20(2,3)18(24)16-21-19(25)10-7-11-22-12-14-23(15-13-22)17-8-5-4-6-9-17/h4-6,8-9,18,24H,7,10-16H2,1-3H3,(H,21,25). The Morgan fingerprint density at radius 2 is 1.80 bits per heavy atom. The van der Waals surface area contributed by atoms with E-state index in [1.165, 1.54) is 5.69 Å². The van der Waals surface area contributed by atoms with Crippen LogP contribution in [0.1, 0.15) is 33.6 Å². The number of rotatable bonds is 7. The molecule has 1 saturated heterocycles. The first-order valence-corrected chi connectivity index (χ1v) is 9.33. The molecule has 0 radical (unpaired) electrons. The lowest BCUT2D eigenvalue weighted by Crippen LogP contribution is -2.46. The van der Waals surface area contributed by atoms with Crippen molar-refractivity contribution >= 4 is 11.6 Å². The van der Waals surface area contributed by atoms with Crippen LogP contribution in [0.25, 0.3) is 0 Å². The van der Waals surface area contributed by atoms with E-state index >= 15 is 0 Å². The fourth-order valence-corrected chi connectivity index (χ4v) is 2.94. The maximum absolute atomic E-state index is 11.9. The largest absolute Gasteiger partial charge is 0.391 e. The number of benzene rings is 1. The van der Waals surface area contributed by atoms with Gasteiger partial charge in [-0.25, -0.2) is 0 Å². The fraction of sp³-hybridized carbons (Fsp3) is 0.650. The third kappa shape index (κ3) is 6.67. The Hall–Kier alpha value is -1.59. The van der Waals surface area contributed by atoms with Crippen molar-refractivity contribution in [1.82, 2.24) is 10.2 Å². The van der Waals surface area contributed by atoms with Gasteiger partial charge >= 0.3 is 0 Å². The van der Waals surface area contributed by atoms with Gasteiger partial charge in [0.1, 0.15) is 0 Å². The van der Waals surface area contributed by atoms with Crippen LogP contribution in [0.4, 0.5) is 5.69 Å². The summed E-state index contributed by atoms with van der Waals surface area (Å²) in [7, 11) is 0. The Bertz CT molecular complexity index is 519. The van der Waals surface area contributed by atoms with Crippen LogP contribution in [0, 0.1) is 5.41 Å². The average Bonchev–Trinajstić information content (AvgIpc) is 2.60. The molecule has 5 nitrogen and oxygen atoms in total. The summed E-state index contributed by atoms with van der Waals surface area (Å²) in [5.74, 6) is 0.0335. The third-order valence-electron chi connectivity index (χ3n) is 4.86. The summed E-state index contributed by atoms with van der Waals surface area (Å²) in [4.78, 5) is 16.7. The van der Waals surface area contributed by atoms with Crippen molar-refractivity contribution in [3.05, 3.63) is 30.3 Å². The van der Waals surface area contributed by atoms with E-state index in [2.05, 4.69) is 39.4 Å². The highest BCUT2D eigenvalue weighted by Crippen LogP contribution is 2.18. The van der Waals surface area contributed by atoms with E-state index in [1.807, 2.05) is 26.8 Å². The predicted octanol–water partition coefficient (Wildman–Crippen LogP) is 2.11. The number of carbonyl (C=O) groups is 1. The predicted molar refractivity (Wildman–Crippen MR) is 103 cm³/mol. The molecule has 2 rings (SSSR count). The quantitative estimate of drug-likeness (QED) is 0.793. The van der Waals surface area contributed by atoms with Gasteiger partial charge in [0.15, 0.2) is 0 Å². The molecule has 140 valence electrons. The first kappa shape index (κ1) is 19.7. The van der Waals surface area contributed by atoms with Crippen LogP contribution in [-0.4, -0.2) is 61.3 Å². The molecule has 1 aromatic rings. The van der Waals surface area contributed by atoms with E-state index in [1.54, 1.807) is 0 Å². The van der Waals surface area contributed by atoms with Crippen LogP contribution < -0.4 is 10.2 Å². The van der Waals surface area contributed by atoms with E-state index in [9.17, 15) is 9.90 Å². The molecular weight excluding hydrogens is 314 g/mol. The van der Waals surface area contributed by atoms with Gasteiger partial charge in [0.25, 0.3) is 0 Å². The van der Waals surface area contributed by atoms with Crippen LogP contribution in [0.2, 0.25) is 0 Å². The third-order valence-corrected chi connectivity index (χ3v) is 4.86. The Balaban J connectivity index is 1.59. The summed E-state index contributed by atoms with van der Waals surface area (Å²) in [6, 6.07) is 10.5. The molecule has 0 bridgehead atoms. The van der Waals surface area contributed by atoms with Gasteiger partial charge in [0.2, 0.25) is 5.91 Å². The van der Waals surface area contributed by atoms with Gasteiger partial charge in [-0.15, -0.1) is 0 Å². The number of nitrogens with one attached hydrogen (secondary N) is 1. The molecule has 1 aliphatic heterocycles. The molecule has 2 N–H and O–H groups in total. The SMILES string of the molecule is CC(C)(C)C(O)CNC(=O)CCCN1CCN(c2ccccc2)CC1. The van der Waals surface area contributed by atoms with Crippen LogP contribution in [-0.2, 0) is 4.79 Å². The zero-order valence-corrected chi connectivity index (χ0v) is 15.9. The molecule has 1 aromatic carbocycles. The molecule has 1 heterocycles. The van der Waals surface area contributed by atoms with Gasteiger partial charge in [-0.1, -0.05) is 39.0 Å². The second-order valence-electron chi connectivity index (χ2n) is 7.95. The first-order valence-electron chi connectivity index (χ1n) is 9.33. The second-order valence-corrected chi connectivity index (χ2v) is 7.95. The molecule has 1 aliphatic rings. The zero-order chi connectivity index (χ0) is 18.3. The van der Waals surface area contributed by atoms with E-state index in [0.29, 0.717) is 13.0 Å². The zero-order valence-electron chi connectivity index (χ0n) is 15.9. The Kier molecular flexibility index (Phi) is 7.26. The van der Waals surface area contributed by atoms with Gasteiger partial charge < -0.3 is 15.3 Å². The summed E-state index contributed by atoms with van der Waals surface area (Å²) in [5, 5.41) is 12.8. The molecule has 5 heteroatoms.